The first kappa shape index (κ1) is 17.5. The summed E-state index contributed by atoms with van der Waals surface area (Å²) in [6, 6.07) is 7.00. The van der Waals surface area contributed by atoms with Gasteiger partial charge in [0.25, 0.3) is 5.91 Å². The van der Waals surface area contributed by atoms with Crippen molar-refractivity contribution in [3.63, 3.8) is 0 Å². The molecule has 0 atom stereocenters. The van der Waals surface area contributed by atoms with Crippen LogP contribution in [0.25, 0.3) is 0 Å². The van der Waals surface area contributed by atoms with Crippen molar-refractivity contribution in [1.29, 1.82) is 0 Å². The van der Waals surface area contributed by atoms with Crippen LogP contribution in [-0.2, 0) is 4.79 Å². The minimum absolute atomic E-state index is 0.0538. The van der Waals surface area contributed by atoms with Crippen LogP contribution in [0.3, 0.4) is 0 Å². The smallest absolute Gasteiger partial charge is 0.253 e. The number of hydrogen-bond donors (Lipinski definition) is 1. The summed E-state index contributed by atoms with van der Waals surface area (Å²) in [5.74, 6) is 0.500. The Kier molecular flexibility index (Phi) is 5.39. The summed E-state index contributed by atoms with van der Waals surface area (Å²) >= 11 is 5.85. The number of hydrogen-bond acceptors (Lipinski definition) is 3. The highest BCUT2D eigenvalue weighted by atomic mass is 35.5. The van der Waals surface area contributed by atoms with E-state index in [2.05, 4.69) is 5.32 Å². The van der Waals surface area contributed by atoms with Gasteiger partial charge in [-0.15, -0.1) is 0 Å². The van der Waals surface area contributed by atoms with Gasteiger partial charge in [-0.25, -0.2) is 0 Å². The van der Waals surface area contributed by atoms with E-state index in [1.807, 2.05) is 30.2 Å². The quantitative estimate of drug-likeness (QED) is 0.823. The number of allylic oxidation sites excluding steroid dienone is 5. The molecule has 0 radical (unpaired) electrons. The molecule has 4 nitrogen and oxygen atoms in total. The highest BCUT2D eigenvalue weighted by Gasteiger charge is 2.30. The van der Waals surface area contributed by atoms with E-state index >= 15 is 0 Å². The first-order chi connectivity index (χ1) is 12.1. The zero-order valence-corrected chi connectivity index (χ0v) is 14.9. The van der Waals surface area contributed by atoms with Crippen molar-refractivity contribution in [2.75, 3.05) is 19.6 Å². The van der Waals surface area contributed by atoms with E-state index in [0.29, 0.717) is 16.5 Å². The number of likely N-dealkylation sites (tertiary alicyclic amines) is 1. The molecule has 2 aliphatic rings. The maximum absolute atomic E-state index is 12.3. The Bertz CT molecular complexity index is 756. The molecule has 0 saturated carbocycles. The van der Waals surface area contributed by atoms with E-state index < -0.39 is 0 Å². The molecule has 0 bridgehead atoms. The second kappa shape index (κ2) is 7.70. The fourth-order valence-corrected chi connectivity index (χ4v) is 3.19. The second-order valence-electron chi connectivity index (χ2n) is 6.47. The summed E-state index contributed by atoms with van der Waals surface area (Å²) in [6.07, 6.45) is 7.59. The van der Waals surface area contributed by atoms with E-state index in [9.17, 15) is 9.59 Å². The molecule has 1 saturated heterocycles. The zero-order chi connectivity index (χ0) is 17.8. The van der Waals surface area contributed by atoms with E-state index in [-0.39, 0.29) is 5.91 Å². The Balaban J connectivity index is 1.47. The third kappa shape index (κ3) is 4.02. The minimum Gasteiger partial charge on any atom is -0.390 e. The molecule has 1 aromatic rings. The minimum atomic E-state index is 0.0538. The molecular weight excluding hydrogens is 336 g/mol. The van der Waals surface area contributed by atoms with E-state index in [0.717, 1.165) is 49.1 Å². The number of nitrogens with one attached hydrogen (secondary N) is 1. The van der Waals surface area contributed by atoms with Crippen molar-refractivity contribution >= 4 is 23.8 Å². The van der Waals surface area contributed by atoms with Crippen LogP contribution in [0.15, 0.2) is 59.3 Å². The zero-order valence-electron chi connectivity index (χ0n) is 14.2. The van der Waals surface area contributed by atoms with Crippen LogP contribution in [-0.4, -0.2) is 36.7 Å². The van der Waals surface area contributed by atoms with Crippen LogP contribution in [0.2, 0.25) is 5.02 Å². The molecule has 1 amide bonds. The van der Waals surface area contributed by atoms with Crippen molar-refractivity contribution in [3.8, 4) is 0 Å². The van der Waals surface area contributed by atoms with Gasteiger partial charge in [-0.2, -0.15) is 0 Å². The maximum atomic E-state index is 12.3. The molecule has 1 aromatic carbocycles. The van der Waals surface area contributed by atoms with Gasteiger partial charge in [0.15, 0.2) is 0 Å². The Morgan fingerprint density at radius 1 is 1.32 bits per heavy atom. The number of amides is 1. The molecule has 1 aliphatic heterocycles. The fourth-order valence-electron chi connectivity index (χ4n) is 3.06. The molecule has 25 heavy (non-hydrogen) atoms. The largest absolute Gasteiger partial charge is 0.390 e. The predicted octanol–water partition coefficient (Wildman–Crippen LogP) is 3.36. The predicted molar refractivity (Wildman–Crippen MR) is 99.5 cm³/mol. The van der Waals surface area contributed by atoms with Crippen LogP contribution in [0.5, 0.6) is 0 Å². The average Bonchev–Trinajstić information content (AvgIpc) is 2.58. The topological polar surface area (TPSA) is 49.4 Å². The van der Waals surface area contributed by atoms with Crippen LogP contribution in [0.1, 0.15) is 23.7 Å². The highest BCUT2D eigenvalue weighted by Crippen LogP contribution is 2.23. The van der Waals surface area contributed by atoms with Crippen LogP contribution in [0, 0.1) is 5.92 Å². The normalized spacial score (nSPS) is 19.1. The molecule has 3 rings (SSSR count). The van der Waals surface area contributed by atoms with Crippen LogP contribution < -0.4 is 5.32 Å². The maximum Gasteiger partial charge on any atom is 0.253 e. The van der Waals surface area contributed by atoms with Gasteiger partial charge in [-0.05, 0) is 48.8 Å². The molecule has 1 fully saturated rings. The van der Waals surface area contributed by atoms with Crippen molar-refractivity contribution < 1.29 is 9.59 Å². The summed E-state index contributed by atoms with van der Waals surface area (Å²) in [6.45, 7) is 4.30. The lowest BCUT2D eigenvalue weighted by Crippen LogP contribution is -2.52. The van der Waals surface area contributed by atoms with Gasteiger partial charge in [0.2, 0.25) is 0 Å². The molecule has 5 heteroatoms. The van der Waals surface area contributed by atoms with Crippen molar-refractivity contribution in [2.24, 2.45) is 5.92 Å². The van der Waals surface area contributed by atoms with Crippen molar-refractivity contribution in [3.05, 3.63) is 69.9 Å². The Labute approximate surface area is 152 Å². The van der Waals surface area contributed by atoms with Crippen molar-refractivity contribution in [2.45, 2.75) is 13.3 Å². The average molecular weight is 357 g/mol. The van der Waals surface area contributed by atoms with Gasteiger partial charge in [-0.3, -0.25) is 9.59 Å². The molecule has 1 heterocycles. The number of nitrogens with zero attached hydrogens (tertiary/aromatic N) is 1. The van der Waals surface area contributed by atoms with Gasteiger partial charge >= 0.3 is 0 Å². The summed E-state index contributed by atoms with van der Waals surface area (Å²) in [5, 5.41) is 3.97. The Morgan fingerprint density at radius 3 is 2.72 bits per heavy atom. The molecule has 130 valence electrons. The van der Waals surface area contributed by atoms with Crippen molar-refractivity contribution in [1.82, 2.24) is 10.2 Å². The number of aldehydes is 1. The standard InChI is InChI=1S/C20H21ClN2O2/c1-14-17(3-2-4-18(14)13-24)10-22-9-15-11-23(12-15)20(25)16-5-7-19(21)8-6-16/h2,4-8,10,13,15,22H,3,9,11-12H2,1H3/b17-10+. The lowest BCUT2D eigenvalue weighted by Gasteiger charge is -2.39. The van der Waals surface area contributed by atoms with Crippen LogP contribution in [0.4, 0.5) is 0 Å². The number of carbonyl (C=O) groups excluding carboxylic acids is 2. The van der Waals surface area contributed by atoms with Gasteiger partial charge in [0, 0.05) is 47.9 Å². The lowest BCUT2D eigenvalue weighted by molar-refractivity contribution is -0.104. The second-order valence-corrected chi connectivity index (χ2v) is 6.90. The highest BCUT2D eigenvalue weighted by molar-refractivity contribution is 6.30. The summed E-state index contributed by atoms with van der Waals surface area (Å²) < 4.78 is 0. The fraction of sp³-hybridized carbons (Fsp3) is 0.300. The number of rotatable bonds is 5. The first-order valence-corrected chi connectivity index (χ1v) is 8.76. The van der Waals surface area contributed by atoms with E-state index in [4.69, 9.17) is 11.6 Å². The molecule has 0 unspecified atom stereocenters. The van der Waals surface area contributed by atoms with Crippen LogP contribution >= 0.6 is 11.6 Å². The van der Waals surface area contributed by atoms with Gasteiger partial charge in [0.1, 0.15) is 6.29 Å². The summed E-state index contributed by atoms with van der Waals surface area (Å²) in [5.41, 5.74) is 3.58. The molecule has 1 aliphatic carbocycles. The summed E-state index contributed by atoms with van der Waals surface area (Å²) in [4.78, 5) is 25.2. The third-order valence-corrected chi connectivity index (χ3v) is 4.95. The number of benzene rings is 1. The Hall–Kier alpha value is -2.33. The van der Waals surface area contributed by atoms with E-state index in [1.165, 1.54) is 0 Å². The molecule has 0 aromatic heterocycles. The number of carbonyl (C=O) groups is 2. The monoisotopic (exact) mass is 356 g/mol. The lowest BCUT2D eigenvalue weighted by atomic mass is 9.94. The number of halogens is 1. The SMILES string of the molecule is CC1=C(C=O)C=CC/C1=C\NCC1CN(C(=O)c2ccc(Cl)cc2)C1. The van der Waals surface area contributed by atoms with Gasteiger partial charge < -0.3 is 10.2 Å². The molecule has 1 N–H and O–H groups in total. The third-order valence-electron chi connectivity index (χ3n) is 4.70. The summed E-state index contributed by atoms with van der Waals surface area (Å²) in [7, 11) is 0. The molecular formula is C20H21ClN2O2. The van der Waals surface area contributed by atoms with Gasteiger partial charge in [0.05, 0.1) is 0 Å². The van der Waals surface area contributed by atoms with E-state index in [1.54, 1.807) is 24.3 Å². The van der Waals surface area contributed by atoms with Gasteiger partial charge in [-0.1, -0.05) is 23.8 Å². The first-order valence-electron chi connectivity index (χ1n) is 8.38. The molecule has 0 spiro atoms. The Morgan fingerprint density at radius 2 is 2.04 bits per heavy atom.